The summed E-state index contributed by atoms with van der Waals surface area (Å²) in [6.07, 6.45) is 0.655. The standard InChI is InChI=1S/C10H12ClNO2/c11-8-3-2-7(6-9(8)12)10-13-4-1-5-14-10/h2-3,6,10H,1,4-5,12H2. The zero-order valence-corrected chi connectivity index (χ0v) is 8.46. The van der Waals surface area contributed by atoms with E-state index in [2.05, 4.69) is 0 Å². The van der Waals surface area contributed by atoms with Crippen molar-refractivity contribution < 1.29 is 9.47 Å². The number of halogens is 1. The van der Waals surface area contributed by atoms with Crippen LogP contribution < -0.4 is 5.73 Å². The molecule has 0 bridgehead atoms. The summed E-state index contributed by atoms with van der Waals surface area (Å²) in [4.78, 5) is 0. The Balaban J connectivity index is 2.18. The molecule has 1 aliphatic rings. The predicted octanol–water partition coefficient (Wildman–Crippen LogP) is 2.36. The van der Waals surface area contributed by atoms with E-state index in [1.165, 1.54) is 0 Å². The first-order chi connectivity index (χ1) is 6.77. The second kappa shape index (κ2) is 4.17. The lowest BCUT2D eigenvalue weighted by Gasteiger charge is -2.23. The van der Waals surface area contributed by atoms with Crippen molar-refractivity contribution in [2.75, 3.05) is 18.9 Å². The second-order valence-electron chi connectivity index (χ2n) is 3.21. The highest BCUT2D eigenvalue weighted by atomic mass is 35.5. The molecule has 14 heavy (non-hydrogen) atoms. The van der Waals surface area contributed by atoms with E-state index in [0.717, 1.165) is 25.2 Å². The molecule has 0 spiro atoms. The summed E-state index contributed by atoms with van der Waals surface area (Å²) in [6.45, 7) is 1.46. The minimum absolute atomic E-state index is 0.289. The van der Waals surface area contributed by atoms with Gasteiger partial charge in [0.1, 0.15) is 0 Å². The Morgan fingerprint density at radius 1 is 1.29 bits per heavy atom. The largest absolute Gasteiger partial charge is 0.398 e. The Morgan fingerprint density at radius 3 is 2.64 bits per heavy atom. The molecule has 1 fully saturated rings. The van der Waals surface area contributed by atoms with Crippen molar-refractivity contribution in [2.45, 2.75) is 12.7 Å². The van der Waals surface area contributed by atoms with E-state index in [9.17, 15) is 0 Å². The topological polar surface area (TPSA) is 44.5 Å². The lowest BCUT2D eigenvalue weighted by molar-refractivity contribution is -0.183. The van der Waals surface area contributed by atoms with E-state index in [4.69, 9.17) is 26.8 Å². The number of hydrogen-bond donors (Lipinski definition) is 1. The van der Waals surface area contributed by atoms with Gasteiger partial charge in [-0.2, -0.15) is 0 Å². The van der Waals surface area contributed by atoms with Crippen LogP contribution in [0.5, 0.6) is 0 Å². The summed E-state index contributed by atoms with van der Waals surface area (Å²) in [5.41, 5.74) is 7.16. The van der Waals surface area contributed by atoms with Crippen molar-refractivity contribution in [2.24, 2.45) is 0 Å². The van der Waals surface area contributed by atoms with Crippen LogP contribution in [0.2, 0.25) is 5.02 Å². The van der Waals surface area contributed by atoms with Crippen molar-refractivity contribution in [1.82, 2.24) is 0 Å². The Kier molecular flexibility index (Phi) is 2.91. The van der Waals surface area contributed by atoms with Crippen LogP contribution in [0.4, 0.5) is 5.69 Å². The third kappa shape index (κ3) is 2.00. The Labute approximate surface area is 87.8 Å². The van der Waals surface area contributed by atoms with Crippen molar-refractivity contribution in [3.8, 4) is 0 Å². The molecule has 2 rings (SSSR count). The van der Waals surface area contributed by atoms with Gasteiger partial charge in [-0.15, -0.1) is 0 Å². The van der Waals surface area contributed by atoms with Gasteiger partial charge < -0.3 is 15.2 Å². The minimum Gasteiger partial charge on any atom is -0.398 e. The van der Waals surface area contributed by atoms with Gasteiger partial charge in [-0.3, -0.25) is 0 Å². The molecule has 0 saturated carbocycles. The van der Waals surface area contributed by atoms with Gasteiger partial charge in [0.05, 0.1) is 23.9 Å². The molecule has 0 amide bonds. The number of nitrogen functional groups attached to an aromatic ring is 1. The van der Waals surface area contributed by atoms with Gasteiger partial charge in [-0.05, 0) is 18.6 Å². The van der Waals surface area contributed by atoms with Crippen LogP contribution in [0.3, 0.4) is 0 Å². The highest BCUT2D eigenvalue weighted by molar-refractivity contribution is 6.33. The third-order valence-electron chi connectivity index (χ3n) is 2.12. The summed E-state index contributed by atoms with van der Waals surface area (Å²) in [5.74, 6) is 0. The minimum atomic E-state index is -0.289. The highest BCUT2D eigenvalue weighted by Crippen LogP contribution is 2.27. The number of rotatable bonds is 1. The molecule has 1 aromatic rings. The van der Waals surface area contributed by atoms with Crippen LogP contribution in [0.25, 0.3) is 0 Å². The average molecular weight is 214 g/mol. The van der Waals surface area contributed by atoms with Gasteiger partial charge in [-0.25, -0.2) is 0 Å². The van der Waals surface area contributed by atoms with E-state index < -0.39 is 0 Å². The van der Waals surface area contributed by atoms with Gasteiger partial charge in [0.25, 0.3) is 0 Å². The second-order valence-corrected chi connectivity index (χ2v) is 3.62. The van der Waals surface area contributed by atoms with E-state index in [-0.39, 0.29) is 6.29 Å². The van der Waals surface area contributed by atoms with Crippen LogP contribution in [0.1, 0.15) is 18.3 Å². The zero-order chi connectivity index (χ0) is 9.97. The van der Waals surface area contributed by atoms with Crippen LogP contribution in [0, 0.1) is 0 Å². The summed E-state index contributed by atoms with van der Waals surface area (Å²) in [6, 6.07) is 5.42. The fraction of sp³-hybridized carbons (Fsp3) is 0.400. The molecule has 4 heteroatoms. The summed E-state index contributed by atoms with van der Waals surface area (Å²) in [7, 11) is 0. The smallest absolute Gasteiger partial charge is 0.183 e. The maximum absolute atomic E-state index is 5.81. The molecule has 1 saturated heterocycles. The summed E-state index contributed by atoms with van der Waals surface area (Å²) in [5, 5.41) is 0.560. The Morgan fingerprint density at radius 2 is 2.00 bits per heavy atom. The summed E-state index contributed by atoms with van der Waals surface area (Å²) < 4.78 is 10.9. The molecule has 2 N–H and O–H groups in total. The number of benzene rings is 1. The number of anilines is 1. The van der Waals surface area contributed by atoms with Crippen molar-refractivity contribution >= 4 is 17.3 Å². The van der Waals surface area contributed by atoms with E-state index in [0.29, 0.717) is 10.7 Å². The lowest BCUT2D eigenvalue weighted by Crippen LogP contribution is -2.17. The fourth-order valence-corrected chi connectivity index (χ4v) is 1.51. The Hall–Kier alpha value is -0.770. The molecule has 0 aliphatic carbocycles. The first kappa shape index (κ1) is 9.77. The normalized spacial score (nSPS) is 18.4. The first-order valence-corrected chi connectivity index (χ1v) is 4.93. The van der Waals surface area contributed by atoms with Gasteiger partial charge >= 0.3 is 0 Å². The molecule has 1 aromatic carbocycles. The molecule has 1 aliphatic heterocycles. The van der Waals surface area contributed by atoms with Crippen LogP contribution in [0.15, 0.2) is 18.2 Å². The molecule has 0 aromatic heterocycles. The van der Waals surface area contributed by atoms with Gasteiger partial charge in [0.2, 0.25) is 0 Å². The predicted molar refractivity (Wildman–Crippen MR) is 55.1 cm³/mol. The molecule has 76 valence electrons. The SMILES string of the molecule is Nc1cc(C2OCCCO2)ccc1Cl. The van der Waals surface area contributed by atoms with E-state index >= 15 is 0 Å². The molecular weight excluding hydrogens is 202 g/mol. The first-order valence-electron chi connectivity index (χ1n) is 4.55. The van der Waals surface area contributed by atoms with Crippen LogP contribution in [-0.4, -0.2) is 13.2 Å². The van der Waals surface area contributed by atoms with E-state index in [1.54, 1.807) is 12.1 Å². The Bertz CT molecular complexity index is 324. The molecule has 1 heterocycles. The maximum Gasteiger partial charge on any atom is 0.183 e. The third-order valence-corrected chi connectivity index (χ3v) is 2.46. The zero-order valence-electron chi connectivity index (χ0n) is 7.70. The average Bonchev–Trinajstić information content (AvgIpc) is 2.23. The molecule has 3 nitrogen and oxygen atoms in total. The van der Waals surface area contributed by atoms with Crippen LogP contribution >= 0.6 is 11.6 Å². The lowest BCUT2D eigenvalue weighted by atomic mass is 10.2. The van der Waals surface area contributed by atoms with Crippen molar-refractivity contribution in [1.29, 1.82) is 0 Å². The fourth-order valence-electron chi connectivity index (χ4n) is 1.39. The van der Waals surface area contributed by atoms with Gasteiger partial charge in [-0.1, -0.05) is 17.7 Å². The quantitative estimate of drug-likeness (QED) is 0.729. The van der Waals surface area contributed by atoms with Gasteiger partial charge in [0, 0.05) is 5.56 Å². The monoisotopic (exact) mass is 213 g/mol. The number of hydrogen-bond acceptors (Lipinski definition) is 3. The number of nitrogens with two attached hydrogens (primary N) is 1. The molecule has 0 unspecified atom stereocenters. The molecule has 0 atom stereocenters. The maximum atomic E-state index is 5.81. The summed E-state index contributed by atoms with van der Waals surface area (Å²) >= 11 is 5.81. The highest BCUT2D eigenvalue weighted by Gasteiger charge is 2.16. The van der Waals surface area contributed by atoms with Crippen molar-refractivity contribution in [3.63, 3.8) is 0 Å². The van der Waals surface area contributed by atoms with Crippen molar-refractivity contribution in [3.05, 3.63) is 28.8 Å². The van der Waals surface area contributed by atoms with Crippen LogP contribution in [-0.2, 0) is 9.47 Å². The number of ether oxygens (including phenoxy) is 2. The van der Waals surface area contributed by atoms with Gasteiger partial charge in [0.15, 0.2) is 6.29 Å². The van der Waals surface area contributed by atoms with E-state index in [1.807, 2.05) is 6.07 Å². The molecular formula is C10H12ClNO2. The molecule has 0 radical (unpaired) electrons.